The lowest BCUT2D eigenvalue weighted by molar-refractivity contribution is 0.0956. The molecule has 23 heavy (non-hydrogen) atoms. The molecule has 0 bridgehead atoms. The molecule has 0 saturated heterocycles. The Morgan fingerprint density at radius 1 is 1.26 bits per heavy atom. The summed E-state index contributed by atoms with van der Waals surface area (Å²) in [6, 6.07) is 11.3. The fourth-order valence-corrected chi connectivity index (χ4v) is 3.67. The van der Waals surface area contributed by atoms with Crippen molar-refractivity contribution in [1.29, 1.82) is 0 Å². The van der Waals surface area contributed by atoms with E-state index < -0.39 is 0 Å². The maximum Gasteiger partial charge on any atom is 0.251 e. The highest BCUT2D eigenvalue weighted by Gasteiger charge is 2.07. The second-order valence-electron chi connectivity index (χ2n) is 4.71. The summed E-state index contributed by atoms with van der Waals surface area (Å²) in [5.74, 6) is 2.26. The molecule has 118 valence electrons. The molecular weight excluding hydrogens is 330 g/mol. The molecule has 0 unspecified atom stereocenters. The highest BCUT2D eigenvalue weighted by atomic mass is 32.2. The summed E-state index contributed by atoms with van der Waals surface area (Å²) in [5, 5.41) is 12.5. The molecule has 1 aromatic carbocycles. The molecule has 5 nitrogen and oxygen atoms in total. The smallest absolute Gasteiger partial charge is 0.251 e. The molecule has 1 N–H and O–H groups in total. The minimum absolute atomic E-state index is 0.0706. The van der Waals surface area contributed by atoms with E-state index in [0.29, 0.717) is 18.0 Å². The van der Waals surface area contributed by atoms with Crippen molar-refractivity contribution in [3.8, 4) is 11.5 Å². The second-order valence-corrected chi connectivity index (χ2v) is 6.85. The Morgan fingerprint density at radius 3 is 2.83 bits per heavy atom. The number of amides is 1. The molecule has 7 heteroatoms. The van der Waals surface area contributed by atoms with Gasteiger partial charge in [0.05, 0.1) is 0 Å². The molecule has 0 fully saturated rings. The van der Waals surface area contributed by atoms with Crippen molar-refractivity contribution in [1.82, 2.24) is 15.5 Å². The predicted octanol–water partition coefficient (Wildman–Crippen LogP) is 3.46. The van der Waals surface area contributed by atoms with E-state index in [-0.39, 0.29) is 5.91 Å². The second kappa shape index (κ2) is 7.94. The summed E-state index contributed by atoms with van der Waals surface area (Å²) in [5.41, 5.74) is 1.42. The molecule has 0 atom stereocenters. The van der Waals surface area contributed by atoms with Crippen LogP contribution in [0.1, 0.15) is 15.2 Å². The first-order chi connectivity index (χ1) is 11.3. The number of hydrogen-bond acceptors (Lipinski definition) is 6. The van der Waals surface area contributed by atoms with Crippen molar-refractivity contribution in [2.24, 2.45) is 0 Å². The summed E-state index contributed by atoms with van der Waals surface area (Å²) in [6.07, 6.45) is 1.28. The first-order valence-electron chi connectivity index (χ1n) is 7.08. The Labute approximate surface area is 142 Å². The van der Waals surface area contributed by atoms with Crippen molar-refractivity contribution >= 4 is 29.0 Å². The number of benzene rings is 1. The third-order valence-corrected chi connectivity index (χ3v) is 5.18. The third kappa shape index (κ3) is 4.43. The van der Waals surface area contributed by atoms with E-state index in [1.807, 2.05) is 11.8 Å². The molecular formula is C16H15N3O2S2. The Balaban J connectivity index is 1.43. The zero-order valence-corrected chi connectivity index (χ0v) is 13.9. The van der Waals surface area contributed by atoms with Gasteiger partial charge in [-0.25, -0.2) is 0 Å². The molecule has 0 saturated carbocycles. The Kier molecular flexibility index (Phi) is 5.44. The lowest BCUT2D eigenvalue weighted by atomic mass is 10.1. The fourth-order valence-electron chi connectivity index (χ4n) is 1.97. The molecule has 0 aliphatic heterocycles. The van der Waals surface area contributed by atoms with Crippen LogP contribution in [0.15, 0.2) is 52.6 Å². The van der Waals surface area contributed by atoms with Gasteiger partial charge in [0.2, 0.25) is 12.3 Å². The molecule has 0 spiro atoms. The number of aromatic nitrogens is 2. The van der Waals surface area contributed by atoms with Gasteiger partial charge in [-0.1, -0.05) is 6.07 Å². The van der Waals surface area contributed by atoms with Gasteiger partial charge in [-0.15, -0.1) is 21.5 Å². The average molecular weight is 345 g/mol. The maximum absolute atomic E-state index is 12.1. The predicted molar refractivity (Wildman–Crippen MR) is 92.5 cm³/mol. The standard InChI is InChI=1S/C16H15N3O2S2/c20-15(17-7-9-22-10-14-2-1-8-23-14)12-3-5-13(6-4-12)16-19-18-11-21-16/h1-6,8,11H,7,9-10H2,(H,17,20). The van der Waals surface area contributed by atoms with Crippen molar-refractivity contribution in [3.63, 3.8) is 0 Å². The lowest BCUT2D eigenvalue weighted by Crippen LogP contribution is -2.25. The van der Waals surface area contributed by atoms with Gasteiger partial charge in [0.1, 0.15) is 0 Å². The van der Waals surface area contributed by atoms with Crippen molar-refractivity contribution in [2.75, 3.05) is 12.3 Å². The van der Waals surface area contributed by atoms with E-state index in [2.05, 4.69) is 33.0 Å². The number of nitrogens with one attached hydrogen (secondary N) is 1. The van der Waals surface area contributed by atoms with Crippen LogP contribution in [0.5, 0.6) is 0 Å². The van der Waals surface area contributed by atoms with Crippen LogP contribution in [0.3, 0.4) is 0 Å². The third-order valence-electron chi connectivity index (χ3n) is 3.11. The Morgan fingerprint density at radius 2 is 2.13 bits per heavy atom. The highest BCUT2D eigenvalue weighted by Crippen LogP contribution is 2.17. The summed E-state index contributed by atoms with van der Waals surface area (Å²) in [6.45, 7) is 0.653. The van der Waals surface area contributed by atoms with Gasteiger partial charge in [-0.05, 0) is 35.7 Å². The minimum atomic E-state index is -0.0706. The van der Waals surface area contributed by atoms with E-state index in [1.165, 1.54) is 11.3 Å². The number of nitrogens with zero attached hydrogens (tertiary/aromatic N) is 2. The number of thioether (sulfide) groups is 1. The number of carbonyl (C=O) groups excluding carboxylic acids is 1. The van der Waals surface area contributed by atoms with Crippen molar-refractivity contribution in [3.05, 3.63) is 58.6 Å². The van der Waals surface area contributed by atoms with E-state index in [0.717, 1.165) is 17.1 Å². The van der Waals surface area contributed by atoms with Gasteiger partial charge in [0.25, 0.3) is 5.91 Å². The van der Waals surface area contributed by atoms with Crippen LogP contribution in [0.2, 0.25) is 0 Å². The lowest BCUT2D eigenvalue weighted by Gasteiger charge is -2.05. The molecule has 2 aromatic heterocycles. The van der Waals surface area contributed by atoms with Gasteiger partial charge < -0.3 is 9.73 Å². The van der Waals surface area contributed by atoms with Crippen LogP contribution in [0.25, 0.3) is 11.5 Å². The van der Waals surface area contributed by atoms with E-state index in [9.17, 15) is 4.79 Å². The average Bonchev–Trinajstić information content (AvgIpc) is 3.28. The van der Waals surface area contributed by atoms with Gasteiger partial charge >= 0.3 is 0 Å². The molecule has 1 amide bonds. The van der Waals surface area contributed by atoms with Gasteiger partial charge in [-0.2, -0.15) is 11.8 Å². The molecule has 0 radical (unpaired) electrons. The largest absolute Gasteiger partial charge is 0.423 e. The zero-order valence-electron chi connectivity index (χ0n) is 12.3. The van der Waals surface area contributed by atoms with E-state index in [1.54, 1.807) is 35.6 Å². The van der Waals surface area contributed by atoms with Crippen LogP contribution in [0, 0.1) is 0 Å². The van der Waals surface area contributed by atoms with Crippen LogP contribution in [-0.4, -0.2) is 28.4 Å². The number of rotatable bonds is 7. The first-order valence-corrected chi connectivity index (χ1v) is 9.11. The summed E-state index contributed by atoms with van der Waals surface area (Å²) >= 11 is 3.58. The molecule has 2 heterocycles. The molecule has 3 aromatic rings. The first kappa shape index (κ1) is 15.8. The van der Waals surface area contributed by atoms with Gasteiger partial charge in [-0.3, -0.25) is 4.79 Å². The number of carbonyl (C=O) groups is 1. The summed E-state index contributed by atoms with van der Waals surface area (Å²) in [4.78, 5) is 13.4. The van der Waals surface area contributed by atoms with Crippen molar-refractivity contribution in [2.45, 2.75) is 5.75 Å². The summed E-state index contributed by atoms with van der Waals surface area (Å²) < 4.78 is 5.12. The number of thiophene rings is 1. The van der Waals surface area contributed by atoms with Crippen LogP contribution >= 0.6 is 23.1 Å². The quantitative estimate of drug-likeness (QED) is 0.664. The minimum Gasteiger partial charge on any atom is -0.423 e. The monoisotopic (exact) mass is 345 g/mol. The molecule has 3 rings (SSSR count). The van der Waals surface area contributed by atoms with Gasteiger partial charge in [0, 0.05) is 34.1 Å². The normalized spacial score (nSPS) is 10.6. The summed E-state index contributed by atoms with van der Waals surface area (Å²) in [7, 11) is 0. The van der Waals surface area contributed by atoms with Gasteiger partial charge in [0.15, 0.2) is 0 Å². The van der Waals surface area contributed by atoms with Crippen LogP contribution in [0.4, 0.5) is 0 Å². The zero-order chi connectivity index (χ0) is 15.9. The van der Waals surface area contributed by atoms with Crippen LogP contribution in [-0.2, 0) is 5.75 Å². The van der Waals surface area contributed by atoms with Crippen molar-refractivity contribution < 1.29 is 9.21 Å². The van der Waals surface area contributed by atoms with E-state index >= 15 is 0 Å². The fraction of sp³-hybridized carbons (Fsp3) is 0.188. The van der Waals surface area contributed by atoms with E-state index in [4.69, 9.17) is 4.42 Å². The van der Waals surface area contributed by atoms with Crippen LogP contribution < -0.4 is 5.32 Å². The molecule has 0 aliphatic rings. The SMILES string of the molecule is O=C(NCCSCc1cccs1)c1ccc(-c2nnco2)cc1. The Bertz CT molecular complexity index is 725. The molecule has 0 aliphatic carbocycles. The topological polar surface area (TPSA) is 68.0 Å². The number of hydrogen-bond donors (Lipinski definition) is 1. The maximum atomic E-state index is 12.1. The highest BCUT2D eigenvalue weighted by molar-refractivity contribution is 7.98. The Hall–Kier alpha value is -2.12.